The molecule has 0 unspecified atom stereocenters. The monoisotopic (exact) mass is 484 g/mol. The van der Waals surface area contributed by atoms with Crippen molar-refractivity contribution in [3.63, 3.8) is 0 Å². The SMILES string of the molecule is CCCCCCC[C@H]1O[C@@H](CC/C(C)=C/COc2c3c(cc4oc(=O)ccc24)OCC3)C(C)(C)O1. The average Bonchev–Trinajstić information content (AvgIpc) is 3.39. The Bertz CT molecular complexity index is 1080. The van der Waals surface area contributed by atoms with Gasteiger partial charge in [-0.25, -0.2) is 4.79 Å². The molecule has 0 radical (unpaired) electrons. The van der Waals surface area contributed by atoms with Gasteiger partial charge in [0.25, 0.3) is 0 Å². The molecule has 192 valence electrons. The van der Waals surface area contributed by atoms with Gasteiger partial charge in [-0.15, -0.1) is 0 Å². The molecule has 2 aliphatic heterocycles. The van der Waals surface area contributed by atoms with Crippen LogP contribution in [-0.4, -0.2) is 31.2 Å². The molecule has 6 nitrogen and oxygen atoms in total. The van der Waals surface area contributed by atoms with Gasteiger partial charge in [-0.05, 0) is 58.6 Å². The van der Waals surface area contributed by atoms with Crippen molar-refractivity contribution in [1.82, 2.24) is 0 Å². The van der Waals surface area contributed by atoms with E-state index in [0.717, 1.165) is 54.6 Å². The number of fused-ring (bicyclic) bond motifs is 2. The van der Waals surface area contributed by atoms with Crippen LogP contribution in [0.5, 0.6) is 11.5 Å². The van der Waals surface area contributed by atoms with Crippen LogP contribution in [0.25, 0.3) is 11.0 Å². The molecule has 2 aliphatic rings. The maximum atomic E-state index is 11.7. The number of rotatable bonds is 12. The maximum Gasteiger partial charge on any atom is 0.336 e. The van der Waals surface area contributed by atoms with E-state index in [0.29, 0.717) is 18.8 Å². The van der Waals surface area contributed by atoms with Gasteiger partial charge >= 0.3 is 5.63 Å². The highest BCUT2D eigenvalue weighted by Crippen LogP contribution is 2.40. The van der Waals surface area contributed by atoms with Crippen molar-refractivity contribution in [2.24, 2.45) is 0 Å². The minimum absolute atomic E-state index is 0.0834. The third kappa shape index (κ3) is 6.47. The summed E-state index contributed by atoms with van der Waals surface area (Å²) in [6.07, 6.45) is 12.0. The van der Waals surface area contributed by atoms with E-state index in [9.17, 15) is 4.79 Å². The molecule has 0 amide bonds. The van der Waals surface area contributed by atoms with E-state index < -0.39 is 0 Å². The summed E-state index contributed by atoms with van der Waals surface area (Å²) in [5.41, 5.74) is 2.15. The fourth-order valence-electron chi connectivity index (χ4n) is 4.97. The summed E-state index contributed by atoms with van der Waals surface area (Å²) in [5, 5.41) is 0.805. The molecule has 1 fully saturated rings. The van der Waals surface area contributed by atoms with Gasteiger partial charge < -0.3 is 23.4 Å². The molecule has 0 bridgehead atoms. The van der Waals surface area contributed by atoms with E-state index in [4.69, 9.17) is 23.4 Å². The van der Waals surface area contributed by atoms with Crippen LogP contribution in [0.1, 0.15) is 84.6 Å². The van der Waals surface area contributed by atoms with Crippen LogP contribution in [0.4, 0.5) is 0 Å². The van der Waals surface area contributed by atoms with E-state index in [1.54, 1.807) is 12.1 Å². The minimum atomic E-state index is -0.378. The molecule has 0 N–H and O–H groups in total. The number of ether oxygens (including phenoxy) is 4. The van der Waals surface area contributed by atoms with E-state index >= 15 is 0 Å². The van der Waals surface area contributed by atoms with Crippen molar-refractivity contribution in [3.05, 3.63) is 45.8 Å². The standard InChI is InChI=1S/C29H40O6/c1-5-6-7-8-9-10-27-34-25(29(3,4)35-27)13-11-20(2)15-17-32-28-21-12-14-26(30)33-24(21)19-23-22(28)16-18-31-23/h12,14-15,19,25,27H,5-11,13,16-18H2,1-4H3/b20-15+/t25-,27-/m0/s1. The lowest BCUT2D eigenvalue weighted by Crippen LogP contribution is -2.32. The number of allylic oxidation sites excluding steroid dienone is 1. The van der Waals surface area contributed by atoms with Crippen molar-refractivity contribution in [2.75, 3.05) is 13.2 Å². The smallest absolute Gasteiger partial charge is 0.336 e. The quantitative estimate of drug-likeness (QED) is 0.189. The molecule has 1 aromatic carbocycles. The Hall–Kier alpha value is -2.31. The summed E-state index contributed by atoms with van der Waals surface area (Å²) in [5.74, 6) is 1.49. The summed E-state index contributed by atoms with van der Waals surface area (Å²) in [7, 11) is 0. The summed E-state index contributed by atoms with van der Waals surface area (Å²) in [6.45, 7) is 9.70. The highest BCUT2D eigenvalue weighted by atomic mass is 16.7. The lowest BCUT2D eigenvalue weighted by Gasteiger charge is -2.23. The van der Waals surface area contributed by atoms with Gasteiger partial charge in [0.05, 0.1) is 23.7 Å². The van der Waals surface area contributed by atoms with Crippen LogP contribution in [0.2, 0.25) is 0 Å². The first-order chi connectivity index (χ1) is 16.9. The Kier molecular flexibility index (Phi) is 8.55. The van der Waals surface area contributed by atoms with Crippen LogP contribution in [0.15, 0.2) is 39.1 Å². The van der Waals surface area contributed by atoms with Crippen LogP contribution in [-0.2, 0) is 15.9 Å². The molecule has 0 spiro atoms. The van der Waals surface area contributed by atoms with Crippen molar-refractivity contribution in [2.45, 2.75) is 103 Å². The Morgan fingerprint density at radius 1 is 1.17 bits per heavy atom. The molecule has 6 heteroatoms. The average molecular weight is 485 g/mol. The zero-order valence-electron chi connectivity index (χ0n) is 21.7. The van der Waals surface area contributed by atoms with Gasteiger partial charge in [0, 0.05) is 24.1 Å². The molecule has 1 aromatic heterocycles. The lowest BCUT2D eigenvalue weighted by molar-refractivity contribution is -0.0858. The molecule has 3 heterocycles. The third-order valence-electron chi connectivity index (χ3n) is 7.08. The van der Waals surface area contributed by atoms with Crippen molar-refractivity contribution in [3.8, 4) is 11.5 Å². The predicted molar refractivity (Wildman–Crippen MR) is 137 cm³/mol. The van der Waals surface area contributed by atoms with E-state index in [1.165, 1.54) is 37.3 Å². The van der Waals surface area contributed by atoms with Gasteiger partial charge in [-0.1, -0.05) is 38.2 Å². The second-order valence-corrected chi connectivity index (χ2v) is 10.3. The van der Waals surface area contributed by atoms with Gasteiger partial charge in [-0.2, -0.15) is 0 Å². The first kappa shape index (κ1) is 25.8. The van der Waals surface area contributed by atoms with E-state index in [-0.39, 0.29) is 23.6 Å². The lowest BCUT2D eigenvalue weighted by atomic mass is 9.96. The molecule has 0 aliphatic carbocycles. The van der Waals surface area contributed by atoms with E-state index in [1.807, 2.05) is 0 Å². The largest absolute Gasteiger partial charge is 0.493 e. The van der Waals surface area contributed by atoms with Gasteiger partial charge in [-0.3, -0.25) is 0 Å². The predicted octanol–water partition coefficient (Wildman–Crippen LogP) is 6.71. The van der Waals surface area contributed by atoms with Crippen LogP contribution < -0.4 is 15.1 Å². The number of unbranched alkanes of at least 4 members (excludes halogenated alkanes) is 4. The van der Waals surface area contributed by atoms with Gasteiger partial charge in [0.2, 0.25) is 0 Å². The van der Waals surface area contributed by atoms with Crippen molar-refractivity contribution >= 4 is 11.0 Å². The Morgan fingerprint density at radius 3 is 2.83 bits per heavy atom. The second kappa shape index (κ2) is 11.6. The first-order valence-electron chi connectivity index (χ1n) is 13.2. The van der Waals surface area contributed by atoms with Crippen molar-refractivity contribution in [1.29, 1.82) is 0 Å². The van der Waals surface area contributed by atoms with Crippen molar-refractivity contribution < 1.29 is 23.4 Å². The number of benzene rings is 1. The number of hydrogen-bond donors (Lipinski definition) is 0. The molecule has 35 heavy (non-hydrogen) atoms. The Balaban J connectivity index is 1.30. The summed E-state index contributed by atoms with van der Waals surface area (Å²) < 4.78 is 29.8. The van der Waals surface area contributed by atoms with Crippen LogP contribution in [0, 0.1) is 0 Å². The normalized spacial score (nSPS) is 21.3. The Labute approximate surface area is 208 Å². The zero-order chi connectivity index (χ0) is 24.8. The molecule has 0 saturated carbocycles. The number of hydrogen-bond acceptors (Lipinski definition) is 6. The van der Waals surface area contributed by atoms with Gasteiger partial charge in [0.1, 0.15) is 23.7 Å². The maximum absolute atomic E-state index is 11.7. The summed E-state index contributed by atoms with van der Waals surface area (Å²) in [4.78, 5) is 11.7. The Morgan fingerprint density at radius 2 is 2.00 bits per heavy atom. The highest BCUT2D eigenvalue weighted by Gasteiger charge is 2.41. The fourth-order valence-corrected chi connectivity index (χ4v) is 4.97. The minimum Gasteiger partial charge on any atom is -0.493 e. The second-order valence-electron chi connectivity index (χ2n) is 10.3. The van der Waals surface area contributed by atoms with E-state index in [2.05, 4.69) is 33.8 Å². The molecule has 1 saturated heterocycles. The van der Waals surface area contributed by atoms with Crippen LogP contribution in [0.3, 0.4) is 0 Å². The summed E-state index contributed by atoms with van der Waals surface area (Å²) >= 11 is 0. The molecule has 2 aromatic rings. The van der Waals surface area contributed by atoms with Gasteiger partial charge in [0.15, 0.2) is 6.29 Å². The molecular weight excluding hydrogens is 444 g/mol. The zero-order valence-corrected chi connectivity index (χ0v) is 21.7. The first-order valence-corrected chi connectivity index (χ1v) is 13.2. The molecule has 4 rings (SSSR count). The van der Waals surface area contributed by atoms with Crippen LogP contribution >= 0.6 is 0 Å². The third-order valence-corrected chi connectivity index (χ3v) is 7.08. The molecular formula is C29H40O6. The summed E-state index contributed by atoms with van der Waals surface area (Å²) in [6, 6.07) is 4.99. The topological polar surface area (TPSA) is 67.1 Å². The highest BCUT2D eigenvalue weighted by molar-refractivity contribution is 5.87. The molecule has 2 atom stereocenters. The fraction of sp³-hybridized carbons (Fsp3) is 0.621.